The zero-order valence-corrected chi connectivity index (χ0v) is 14.2. The maximum atomic E-state index is 12.4. The average Bonchev–Trinajstić information content (AvgIpc) is 2.62. The molecule has 0 fully saturated rings. The highest BCUT2D eigenvalue weighted by molar-refractivity contribution is 7.89. The van der Waals surface area contributed by atoms with Gasteiger partial charge in [0.05, 0.1) is 18.2 Å². The van der Waals surface area contributed by atoms with E-state index >= 15 is 0 Å². The summed E-state index contributed by atoms with van der Waals surface area (Å²) < 4.78 is 29.7. The van der Waals surface area contributed by atoms with Crippen LogP contribution in [0.5, 0.6) is 11.5 Å². The Morgan fingerprint density at radius 3 is 2.56 bits per heavy atom. The molecule has 2 N–H and O–H groups in total. The van der Waals surface area contributed by atoms with Gasteiger partial charge in [0.25, 0.3) is 10.0 Å². The van der Waals surface area contributed by atoms with Gasteiger partial charge in [-0.1, -0.05) is 30.3 Å². The Labute approximate surface area is 145 Å². The Bertz CT molecular complexity index is 1050. The SMILES string of the molecule is COc1cc(C=NNS(=O)(=O)c2ccc3ccccc3c2)ccc1O. The van der Waals surface area contributed by atoms with E-state index in [0.29, 0.717) is 5.56 Å². The van der Waals surface area contributed by atoms with Crippen LogP contribution in [0, 0.1) is 0 Å². The molecule has 0 saturated carbocycles. The fourth-order valence-electron chi connectivity index (χ4n) is 2.33. The third-order valence-corrected chi connectivity index (χ3v) is 4.84. The molecule has 3 rings (SSSR count). The number of aromatic hydroxyl groups is 1. The Kier molecular flexibility index (Phi) is 4.58. The summed E-state index contributed by atoms with van der Waals surface area (Å²) in [7, 11) is -2.35. The van der Waals surface area contributed by atoms with E-state index < -0.39 is 10.0 Å². The number of hydrazone groups is 1. The van der Waals surface area contributed by atoms with E-state index in [4.69, 9.17) is 4.74 Å². The molecule has 0 aliphatic rings. The molecule has 0 unspecified atom stereocenters. The summed E-state index contributed by atoms with van der Waals surface area (Å²) in [6, 6.07) is 17.0. The molecule has 3 aromatic rings. The van der Waals surface area contributed by atoms with Crippen molar-refractivity contribution in [3.63, 3.8) is 0 Å². The molecule has 0 spiro atoms. The predicted molar refractivity (Wildman–Crippen MR) is 96.5 cm³/mol. The number of hydrogen-bond acceptors (Lipinski definition) is 5. The van der Waals surface area contributed by atoms with Crippen molar-refractivity contribution >= 4 is 27.0 Å². The second kappa shape index (κ2) is 6.82. The molecule has 25 heavy (non-hydrogen) atoms. The third-order valence-electron chi connectivity index (χ3n) is 3.62. The number of hydrogen-bond donors (Lipinski definition) is 2. The fourth-order valence-corrected chi connectivity index (χ4v) is 3.16. The average molecular weight is 356 g/mol. The molecule has 0 radical (unpaired) electrons. The van der Waals surface area contributed by atoms with E-state index in [1.807, 2.05) is 24.3 Å². The highest BCUT2D eigenvalue weighted by atomic mass is 32.2. The minimum Gasteiger partial charge on any atom is -0.504 e. The lowest BCUT2D eigenvalue weighted by atomic mass is 10.1. The summed E-state index contributed by atoms with van der Waals surface area (Å²) in [6.45, 7) is 0. The molecule has 128 valence electrons. The van der Waals surface area contributed by atoms with Crippen LogP contribution in [-0.4, -0.2) is 26.8 Å². The summed E-state index contributed by atoms with van der Waals surface area (Å²) in [4.78, 5) is 2.31. The van der Waals surface area contributed by atoms with Gasteiger partial charge in [-0.25, -0.2) is 4.83 Å². The van der Waals surface area contributed by atoms with Crippen molar-refractivity contribution in [3.05, 3.63) is 66.2 Å². The fraction of sp³-hybridized carbons (Fsp3) is 0.0556. The Hall–Kier alpha value is -3.06. The second-order valence-electron chi connectivity index (χ2n) is 5.29. The lowest BCUT2D eigenvalue weighted by Crippen LogP contribution is -2.18. The van der Waals surface area contributed by atoms with Crippen LogP contribution in [-0.2, 0) is 10.0 Å². The van der Waals surface area contributed by atoms with Crippen LogP contribution in [0.1, 0.15) is 5.56 Å². The van der Waals surface area contributed by atoms with E-state index in [-0.39, 0.29) is 16.4 Å². The first-order valence-corrected chi connectivity index (χ1v) is 8.88. The van der Waals surface area contributed by atoms with Crippen LogP contribution < -0.4 is 9.57 Å². The summed E-state index contributed by atoms with van der Waals surface area (Å²) >= 11 is 0. The molecule has 3 aromatic carbocycles. The molecule has 0 heterocycles. The minimum atomic E-state index is -3.77. The number of nitrogens with one attached hydrogen (secondary N) is 1. The van der Waals surface area contributed by atoms with Crippen molar-refractivity contribution in [1.82, 2.24) is 4.83 Å². The monoisotopic (exact) mass is 356 g/mol. The Balaban J connectivity index is 1.81. The van der Waals surface area contributed by atoms with Gasteiger partial charge in [0, 0.05) is 0 Å². The lowest BCUT2D eigenvalue weighted by Gasteiger charge is -2.06. The van der Waals surface area contributed by atoms with Gasteiger partial charge in [-0.05, 0) is 46.7 Å². The van der Waals surface area contributed by atoms with Crippen LogP contribution in [0.15, 0.2) is 70.7 Å². The molecule has 0 atom stereocenters. The maximum Gasteiger partial charge on any atom is 0.276 e. The first-order chi connectivity index (χ1) is 12.0. The number of rotatable bonds is 5. The van der Waals surface area contributed by atoms with Gasteiger partial charge in [-0.2, -0.15) is 13.5 Å². The highest BCUT2D eigenvalue weighted by Crippen LogP contribution is 2.25. The van der Waals surface area contributed by atoms with Gasteiger partial charge < -0.3 is 9.84 Å². The van der Waals surface area contributed by atoms with Crippen molar-refractivity contribution in [2.24, 2.45) is 5.10 Å². The van der Waals surface area contributed by atoms with Gasteiger partial charge in [0.15, 0.2) is 11.5 Å². The summed E-state index contributed by atoms with van der Waals surface area (Å²) in [5, 5.41) is 15.1. The minimum absolute atomic E-state index is 0.00334. The Morgan fingerprint density at radius 2 is 1.80 bits per heavy atom. The van der Waals surface area contributed by atoms with Crippen molar-refractivity contribution in [1.29, 1.82) is 0 Å². The van der Waals surface area contributed by atoms with E-state index in [2.05, 4.69) is 9.93 Å². The van der Waals surface area contributed by atoms with Crippen LogP contribution in [0.3, 0.4) is 0 Å². The molecule has 0 aliphatic heterocycles. The molecule has 0 aromatic heterocycles. The van der Waals surface area contributed by atoms with Crippen LogP contribution >= 0.6 is 0 Å². The van der Waals surface area contributed by atoms with Crippen molar-refractivity contribution in [3.8, 4) is 11.5 Å². The molecule has 0 saturated heterocycles. The van der Waals surface area contributed by atoms with Gasteiger partial charge in [-0.3, -0.25) is 0 Å². The molecule has 6 nitrogen and oxygen atoms in total. The highest BCUT2D eigenvalue weighted by Gasteiger charge is 2.13. The number of methoxy groups -OCH3 is 1. The van der Waals surface area contributed by atoms with Crippen LogP contribution in [0.4, 0.5) is 0 Å². The smallest absolute Gasteiger partial charge is 0.276 e. The number of sulfonamides is 1. The van der Waals surface area contributed by atoms with Gasteiger partial charge in [0.2, 0.25) is 0 Å². The normalized spacial score (nSPS) is 11.7. The molecule has 0 amide bonds. The first kappa shape index (κ1) is 16.8. The number of benzene rings is 3. The topological polar surface area (TPSA) is 88.0 Å². The van der Waals surface area contributed by atoms with Gasteiger partial charge >= 0.3 is 0 Å². The number of phenolic OH excluding ortho intramolecular Hbond substituents is 1. The van der Waals surface area contributed by atoms with Crippen molar-refractivity contribution < 1.29 is 18.3 Å². The molecule has 0 aliphatic carbocycles. The van der Waals surface area contributed by atoms with E-state index in [1.165, 1.54) is 25.5 Å². The largest absolute Gasteiger partial charge is 0.504 e. The molecular formula is C18H16N2O4S. The zero-order chi connectivity index (χ0) is 17.9. The Morgan fingerprint density at radius 1 is 1.04 bits per heavy atom. The summed E-state index contributed by atoms with van der Waals surface area (Å²) in [5.41, 5.74) is 0.580. The second-order valence-corrected chi connectivity index (χ2v) is 6.95. The zero-order valence-electron chi connectivity index (χ0n) is 13.4. The maximum absolute atomic E-state index is 12.4. The summed E-state index contributed by atoms with van der Waals surface area (Å²) in [5.74, 6) is 0.276. The first-order valence-electron chi connectivity index (χ1n) is 7.40. The number of phenols is 1. The summed E-state index contributed by atoms with van der Waals surface area (Å²) in [6.07, 6.45) is 1.33. The predicted octanol–water partition coefficient (Wildman–Crippen LogP) is 2.87. The number of ether oxygens (including phenoxy) is 1. The molecular weight excluding hydrogens is 340 g/mol. The third kappa shape index (κ3) is 3.72. The van der Waals surface area contributed by atoms with Gasteiger partial charge in [-0.15, -0.1) is 0 Å². The van der Waals surface area contributed by atoms with Crippen LogP contribution in [0.25, 0.3) is 10.8 Å². The number of fused-ring (bicyclic) bond motifs is 1. The van der Waals surface area contributed by atoms with Crippen molar-refractivity contribution in [2.45, 2.75) is 4.90 Å². The molecule has 7 heteroatoms. The van der Waals surface area contributed by atoms with Gasteiger partial charge in [0.1, 0.15) is 0 Å². The van der Waals surface area contributed by atoms with E-state index in [1.54, 1.807) is 24.3 Å². The van der Waals surface area contributed by atoms with Crippen molar-refractivity contribution in [2.75, 3.05) is 7.11 Å². The lowest BCUT2D eigenvalue weighted by molar-refractivity contribution is 0.373. The van der Waals surface area contributed by atoms with E-state index in [0.717, 1.165) is 10.8 Å². The molecule has 0 bridgehead atoms. The van der Waals surface area contributed by atoms with Crippen LogP contribution in [0.2, 0.25) is 0 Å². The quantitative estimate of drug-likeness (QED) is 0.543. The standard InChI is InChI=1S/C18H16N2O4S/c1-24-18-10-13(6-9-17(18)21)12-19-20-25(22,23)16-8-7-14-4-2-3-5-15(14)11-16/h2-12,20-21H,1H3. The van der Waals surface area contributed by atoms with E-state index in [9.17, 15) is 13.5 Å². The number of nitrogens with zero attached hydrogens (tertiary/aromatic N) is 1.